The standard InChI is InChI=1S/C21H30N4O3/c1-14(2)13-18(17-7-5-6-8-19(17)27-4)23-21(26)25-11-9-16(10-12-25)20-22-15(3)24-28-20/h5-8,14,16,18H,9-13H2,1-4H3,(H,23,26). The number of likely N-dealkylation sites (tertiary alicyclic amines) is 1. The summed E-state index contributed by atoms with van der Waals surface area (Å²) in [7, 11) is 1.66. The second-order valence-corrected chi connectivity index (χ2v) is 7.81. The number of amides is 2. The lowest BCUT2D eigenvalue weighted by molar-refractivity contribution is 0.170. The van der Waals surface area contributed by atoms with Crippen LogP contribution in [0.1, 0.15) is 62.3 Å². The SMILES string of the molecule is COc1ccccc1C(CC(C)C)NC(=O)N1CCC(c2nc(C)no2)CC1. The fraction of sp³-hybridized carbons (Fsp3) is 0.571. The quantitative estimate of drug-likeness (QED) is 0.810. The minimum Gasteiger partial charge on any atom is -0.496 e. The second kappa shape index (κ2) is 9.08. The number of carbonyl (C=O) groups excluding carboxylic acids is 1. The van der Waals surface area contributed by atoms with E-state index < -0.39 is 0 Å². The van der Waals surface area contributed by atoms with Crippen molar-refractivity contribution in [2.45, 2.75) is 52.0 Å². The topological polar surface area (TPSA) is 80.5 Å². The molecule has 1 unspecified atom stereocenters. The van der Waals surface area contributed by atoms with Crippen LogP contribution in [0.5, 0.6) is 5.75 Å². The maximum Gasteiger partial charge on any atom is 0.317 e. The number of piperidine rings is 1. The van der Waals surface area contributed by atoms with Crippen LogP contribution in [0, 0.1) is 12.8 Å². The number of hydrogen-bond donors (Lipinski definition) is 1. The van der Waals surface area contributed by atoms with Gasteiger partial charge in [0.15, 0.2) is 5.82 Å². The number of hydrogen-bond acceptors (Lipinski definition) is 5. The zero-order valence-corrected chi connectivity index (χ0v) is 17.1. The Morgan fingerprint density at radius 3 is 2.64 bits per heavy atom. The number of carbonyl (C=O) groups is 1. The fourth-order valence-electron chi connectivity index (χ4n) is 3.74. The van der Waals surface area contributed by atoms with E-state index >= 15 is 0 Å². The van der Waals surface area contributed by atoms with Gasteiger partial charge in [-0.05, 0) is 38.2 Å². The van der Waals surface area contributed by atoms with Gasteiger partial charge < -0.3 is 19.5 Å². The summed E-state index contributed by atoms with van der Waals surface area (Å²) in [5.74, 6) is 2.82. The highest BCUT2D eigenvalue weighted by Gasteiger charge is 2.29. The zero-order chi connectivity index (χ0) is 20.1. The van der Waals surface area contributed by atoms with Crippen LogP contribution in [-0.2, 0) is 0 Å². The van der Waals surface area contributed by atoms with Gasteiger partial charge >= 0.3 is 6.03 Å². The molecule has 0 bridgehead atoms. The number of benzene rings is 1. The van der Waals surface area contributed by atoms with Gasteiger partial charge in [-0.15, -0.1) is 0 Å². The predicted molar refractivity (Wildman–Crippen MR) is 106 cm³/mol. The molecule has 2 aromatic rings. The molecular formula is C21H30N4O3. The summed E-state index contributed by atoms with van der Waals surface area (Å²) < 4.78 is 10.8. The van der Waals surface area contributed by atoms with E-state index in [1.807, 2.05) is 36.1 Å². The maximum absolute atomic E-state index is 12.9. The molecule has 0 radical (unpaired) electrons. The number of aryl methyl sites for hydroxylation is 1. The van der Waals surface area contributed by atoms with Crippen LogP contribution >= 0.6 is 0 Å². The second-order valence-electron chi connectivity index (χ2n) is 7.81. The Morgan fingerprint density at radius 2 is 2.04 bits per heavy atom. The third kappa shape index (κ3) is 4.82. The van der Waals surface area contributed by atoms with Crippen molar-refractivity contribution in [3.8, 4) is 5.75 Å². The van der Waals surface area contributed by atoms with E-state index in [0.717, 1.165) is 30.6 Å². The summed E-state index contributed by atoms with van der Waals surface area (Å²) in [6, 6.07) is 7.77. The molecule has 0 saturated carbocycles. The Morgan fingerprint density at radius 1 is 1.32 bits per heavy atom. The molecule has 0 spiro atoms. The molecule has 1 aromatic heterocycles. The van der Waals surface area contributed by atoms with Gasteiger partial charge in [-0.1, -0.05) is 37.2 Å². The lowest BCUT2D eigenvalue weighted by Gasteiger charge is -2.32. The van der Waals surface area contributed by atoms with E-state index in [9.17, 15) is 4.79 Å². The largest absolute Gasteiger partial charge is 0.496 e. The highest BCUT2D eigenvalue weighted by molar-refractivity contribution is 5.75. The van der Waals surface area contributed by atoms with E-state index in [1.54, 1.807) is 7.11 Å². The number of aromatic nitrogens is 2. The van der Waals surface area contributed by atoms with Gasteiger partial charge in [-0.3, -0.25) is 0 Å². The first-order valence-electron chi connectivity index (χ1n) is 9.96. The average Bonchev–Trinajstić information content (AvgIpc) is 3.13. The number of urea groups is 1. The summed E-state index contributed by atoms with van der Waals surface area (Å²) >= 11 is 0. The molecule has 1 aliphatic heterocycles. The Labute approximate surface area is 166 Å². The lowest BCUT2D eigenvalue weighted by atomic mass is 9.95. The first-order valence-corrected chi connectivity index (χ1v) is 9.96. The van der Waals surface area contributed by atoms with Gasteiger partial charge in [0, 0.05) is 24.6 Å². The Kier molecular flexibility index (Phi) is 6.54. The number of methoxy groups -OCH3 is 1. The van der Waals surface area contributed by atoms with Crippen molar-refractivity contribution in [1.29, 1.82) is 0 Å². The molecule has 2 amide bonds. The molecule has 1 saturated heterocycles. The van der Waals surface area contributed by atoms with E-state index in [-0.39, 0.29) is 18.0 Å². The molecule has 1 atom stereocenters. The molecule has 1 aliphatic rings. The lowest BCUT2D eigenvalue weighted by Crippen LogP contribution is -2.45. The molecule has 2 heterocycles. The first-order chi connectivity index (χ1) is 13.5. The molecular weight excluding hydrogens is 356 g/mol. The summed E-state index contributed by atoms with van der Waals surface area (Å²) in [4.78, 5) is 19.1. The molecule has 7 nitrogen and oxygen atoms in total. The summed E-state index contributed by atoms with van der Waals surface area (Å²) in [5.41, 5.74) is 1.02. The van der Waals surface area contributed by atoms with E-state index in [0.29, 0.717) is 30.7 Å². The summed E-state index contributed by atoms with van der Waals surface area (Å²) in [5, 5.41) is 7.10. The Hall–Kier alpha value is -2.57. The number of ether oxygens (including phenoxy) is 1. The maximum atomic E-state index is 12.9. The molecule has 1 fully saturated rings. The number of nitrogens with one attached hydrogen (secondary N) is 1. The van der Waals surface area contributed by atoms with E-state index in [1.165, 1.54) is 0 Å². The summed E-state index contributed by atoms with van der Waals surface area (Å²) in [6.07, 6.45) is 2.51. The van der Waals surface area contributed by atoms with E-state index in [4.69, 9.17) is 9.26 Å². The molecule has 152 valence electrons. The van der Waals surface area contributed by atoms with Crippen molar-refractivity contribution in [1.82, 2.24) is 20.4 Å². The molecule has 28 heavy (non-hydrogen) atoms. The minimum absolute atomic E-state index is 0.0308. The predicted octanol–water partition coefficient (Wildman–Crippen LogP) is 4.06. The molecule has 7 heteroatoms. The summed E-state index contributed by atoms with van der Waals surface area (Å²) in [6.45, 7) is 7.50. The van der Waals surface area contributed by atoms with Gasteiger partial charge in [-0.25, -0.2) is 4.79 Å². The molecule has 1 aromatic carbocycles. The van der Waals surface area contributed by atoms with Crippen molar-refractivity contribution in [3.63, 3.8) is 0 Å². The van der Waals surface area contributed by atoms with Crippen molar-refractivity contribution in [2.75, 3.05) is 20.2 Å². The third-order valence-corrected chi connectivity index (χ3v) is 5.19. The van der Waals surface area contributed by atoms with Crippen LogP contribution < -0.4 is 10.1 Å². The molecule has 3 rings (SSSR count). The third-order valence-electron chi connectivity index (χ3n) is 5.19. The minimum atomic E-state index is -0.0834. The highest BCUT2D eigenvalue weighted by Crippen LogP contribution is 2.31. The Bertz CT molecular complexity index is 781. The van der Waals surface area contributed by atoms with Gasteiger partial charge in [-0.2, -0.15) is 4.98 Å². The van der Waals surface area contributed by atoms with Crippen molar-refractivity contribution in [2.24, 2.45) is 5.92 Å². The van der Waals surface area contributed by atoms with Gasteiger partial charge in [0.05, 0.1) is 13.2 Å². The van der Waals surface area contributed by atoms with Gasteiger partial charge in [0.25, 0.3) is 0 Å². The molecule has 1 N–H and O–H groups in total. The van der Waals surface area contributed by atoms with Crippen molar-refractivity contribution >= 4 is 6.03 Å². The van der Waals surface area contributed by atoms with Crippen LogP contribution in [0.2, 0.25) is 0 Å². The average molecular weight is 386 g/mol. The normalized spacial score (nSPS) is 16.2. The van der Waals surface area contributed by atoms with Crippen LogP contribution in [0.4, 0.5) is 4.79 Å². The van der Waals surface area contributed by atoms with Crippen molar-refractivity contribution < 1.29 is 14.1 Å². The van der Waals surface area contributed by atoms with Crippen molar-refractivity contribution in [3.05, 3.63) is 41.5 Å². The van der Waals surface area contributed by atoms with Gasteiger partial charge in [0.2, 0.25) is 5.89 Å². The van der Waals surface area contributed by atoms with Crippen LogP contribution in [-0.4, -0.2) is 41.3 Å². The number of para-hydroxylation sites is 1. The molecule has 0 aliphatic carbocycles. The zero-order valence-electron chi connectivity index (χ0n) is 17.1. The highest BCUT2D eigenvalue weighted by atomic mass is 16.5. The fourth-order valence-corrected chi connectivity index (χ4v) is 3.74. The van der Waals surface area contributed by atoms with Crippen LogP contribution in [0.25, 0.3) is 0 Å². The number of rotatable bonds is 6. The van der Waals surface area contributed by atoms with E-state index in [2.05, 4.69) is 29.3 Å². The van der Waals surface area contributed by atoms with Crippen LogP contribution in [0.15, 0.2) is 28.8 Å². The Balaban J connectivity index is 1.64. The monoisotopic (exact) mass is 386 g/mol. The van der Waals surface area contributed by atoms with Gasteiger partial charge in [0.1, 0.15) is 5.75 Å². The first kappa shape index (κ1) is 20.2. The smallest absolute Gasteiger partial charge is 0.317 e. The number of nitrogens with zero attached hydrogens (tertiary/aromatic N) is 3. The van der Waals surface area contributed by atoms with Crippen LogP contribution in [0.3, 0.4) is 0 Å².